The molecule has 0 amide bonds. The summed E-state index contributed by atoms with van der Waals surface area (Å²) in [5, 5.41) is 25.5. The van der Waals surface area contributed by atoms with Crippen LogP contribution in [-0.2, 0) is 11.3 Å². The molecule has 0 radical (unpaired) electrons. The number of nitrogens with zero attached hydrogens (tertiary/aromatic N) is 6. The summed E-state index contributed by atoms with van der Waals surface area (Å²) in [6.45, 7) is 2.17. The molecule has 0 atom stereocenters. The summed E-state index contributed by atoms with van der Waals surface area (Å²) in [5.74, 6) is 0. The lowest BCUT2D eigenvalue weighted by Crippen LogP contribution is -1.98. The van der Waals surface area contributed by atoms with Gasteiger partial charge in [-0.25, -0.2) is 0 Å². The average molecular weight is 236 g/mol. The maximum atomic E-state index is 8.75. The highest BCUT2D eigenvalue weighted by atomic mass is 32.1. The number of hydrogen-bond donors (Lipinski definition) is 0. The number of nitriles is 1. The highest BCUT2D eigenvalue weighted by molar-refractivity contribution is 7.13. The minimum atomic E-state index is 0.295. The number of methoxy groups -OCH3 is 1. The fourth-order valence-corrected chi connectivity index (χ4v) is 1.94. The maximum absolute atomic E-state index is 8.75. The molecule has 0 bridgehead atoms. The zero-order valence-electron chi connectivity index (χ0n) is 8.71. The first-order chi connectivity index (χ1) is 7.76. The fraction of sp³-hybridized carbons (Fsp3) is 0.375. The van der Waals surface area contributed by atoms with Crippen molar-refractivity contribution >= 4 is 11.3 Å². The second-order valence-corrected chi connectivity index (χ2v) is 4.00. The van der Waals surface area contributed by atoms with Crippen molar-refractivity contribution in [3.63, 3.8) is 0 Å². The van der Waals surface area contributed by atoms with E-state index in [-0.39, 0.29) is 0 Å². The Balaban J connectivity index is 2.36. The van der Waals surface area contributed by atoms with Crippen molar-refractivity contribution in [1.29, 1.82) is 5.26 Å². The molecule has 2 heterocycles. The van der Waals surface area contributed by atoms with Crippen LogP contribution < -0.4 is 0 Å². The number of aromatic nitrogens is 5. The largest absolute Gasteiger partial charge is 0.377 e. The van der Waals surface area contributed by atoms with Crippen LogP contribution in [0.2, 0.25) is 0 Å². The van der Waals surface area contributed by atoms with Crippen molar-refractivity contribution in [3.8, 4) is 11.2 Å². The van der Waals surface area contributed by atoms with Gasteiger partial charge < -0.3 is 4.74 Å². The van der Waals surface area contributed by atoms with E-state index in [9.17, 15) is 0 Å². The molecule has 0 aliphatic rings. The van der Waals surface area contributed by atoms with Gasteiger partial charge in [-0.1, -0.05) is 16.6 Å². The van der Waals surface area contributed by atoms with Gasteiger partial charge in [-0.15, -0.1) is 15.3 Å². The number of rotatable bonds is 3. The summed E-state index contributed by atoms with van der Waals surface area (Å²) in [7, 11) is 1.59. The van der Waals surface area contributed by atoms with Crippen LogP contribution in [0.15, 0.2) is 0 Å². The first-order valence-electron chi connectivity index (χ1n) is 4.40. The van der Waals surface area contributed by atoms with E-state index < -0.39 is 0 Å². The van der Waals surface area contributed by atoms with Crippen molar-refractivity contribution in [1.82, 2.24) is 25.2 Å². The second kappa shape index (κ2) is 4.34. The zero-order valence-corrected chi connectivity index (χ0v) is 9.52. The molecule has 2 aromatic heterocycles. The molecule has 0 N–H and O–H groups in total. The van der Waals surface area contributed by atoms with E-state index in [1.807, 2.05) is 6.07 Å². The Morgan fingerprint density at radius 1 is 1.44 bits per heavy atom. The lowest BCUT2D eigenvalue weighted by atomic mass is 10.4. The quantitative estimate of drug-likeness (QED) is 0.768. The van der Waals surface area contributed by atoms with Gasteiger partial charge in [0, 0.05) is 7.11 Å². The van der Waals surface area contributed by atoms with E-state index in [2.05, 4.69) is 20.5 Å². The Morgan fingerprint density at radius 3 is 2.88 bits per heavy atom. The molecule has 2 rings (SSSR count). The minimum absolute atomic E-state index is 0.295. The topological polar surface area (TPSA) is 89.5 Å². The molecule has 0 unspecified atom stereocenters. The highest BCUT2D eigenvalue weighted by Crippen LogP contribution is 2.16. The molecule has 82 valence electrons. The van der Waals surface area contributed by atoms with Gasteiger partial charge in [0.15, 0.2) is 5.69 Å². The normalized spacial score (nSPS) is 10.3. The predicted molar refractivity (Wildman–Crippen MR) is 55.0 cm³/mol. The summed E-state index contributed by atoms with van der Waals surface area (Å²) >= 11 is 1.35. The molecule has 0 aromatic carbocycles. The molecule has 0 spiro atoms. The molecule has 16 heavy (non-hydrogen) atoms. The summed E-state index contributed by atoms with van der Waals surface area (Å²) in [6.07, 6.45) is 0. The van der Waals surface area contributed by atoms with Crippen molar-refractivity contribution < 1.29 is 4.74 Å². The number of hydrogen-bond acceptors (Lipinski definition) is 7. The minimum Gasteiger partial charge on any atom is -0.377 e. The zero-order chi connectivity index (χ0) is 11.5. The average Bonchev–Trinajstić information content (AvgIpc) is 2.85. The Labute approximate surface area is 95.3 Å². The summed E-state index contributed by atoms with van der Waals surface area (Å²) < 4.78 is 6.44. The Kier molecular flexibility index (Phi) is 2.89. The van der Waals surface area contributed by atoms with Gasteiger partial charge in [-0.2, -0.15) is 9.94 Å². The van der Waals surface area contributed by atoms with Crippen molar-refractivity contribution in [3.05, 3.63) is 16.4 Å². The molecule has 0 aliphatic carbocycles. The molecule has 0 saturated heterocycles. The molecule has 0 saturated carbocycles. The van der Waals surface area contributed by atoms with Crippen LogP contribution in [-0.4, -0.2) is 32.3 Å². The van der Waals surface area contributed by atoms with Gasteiger partial charge >= 0.3 is 0 Å². The first-order valence-corrected chi connectivity index (χ1v) is 5.22. The second-order valence-electron chi connectivity index (χ2n) is 2.96. The number of ether oxygens (including phenoxy) is 1. The van der Waals surface area contributed by atoms with E-state index in [0.717, 1.165) is 5.01 Å². The smallest absolute Gasteiger partial charge is 0.234 e. The molecule has 7 nitrogen and oxygen atoms in total. The van der Waals surface area contributed by atoms with E-state index in [4.69, 9.17) is 10.00 Å². The Hall–Kier alpha value is -1.85. The summed E-state index contributed by atoms with van der Waals surface area (Å²) in [6, 6.07) is 1.95. The van der Waals surface area contributed by atoms with Crippen LogP contribution >= 0.6 is 11.3 Å². The van der Waals surface area contributed by atoms with Gasteiger partial charge in [0.25, 0.3) is 0 Å². The van der Waals surface area contributed by atoms with E-state index in [0.29, 0.717) is 23.1 Å². The molecular weight excluding hydrogens is 228 g/mol. The third-order valence-electron chi connectivity index (χ3n) is 1.91. The first kappa shape index (κ1) is 10.7. The predicted octanol–water partition coefficient (Wildman–Crippen LogP) is 0.445. The van der Waals surface area contributed by atoms with Crippen LogP contribution in [0.5, 0.6) is 0 Å². The van der Waals surface area contributed by atoms with Gasteiger partial charge in [-0.05, 0) is 6.92 Å². The van der Waals surface area contributed by atoms with Crippen molar-refractivity contribution in [2.24, 2.45) is 0 Å². The maximum Gasteiger partial charge on any atom is 0.234 e. The van der Waals surface area contributed by atoms with Crippen molar-refractivity contribution in [2.75, 3.05) is 7.11 Å². The lowest BCUT2D eigenvalue weighted by Gasteiger charge is -1.94. The third kappa shape index (κ3) is 1.78. The van der Waals surface area contributed by atoms with Gasteiger partial charge in [0.2, 0.25) is 5.13 Å². The van der Waals surface area contributed by atoms with Gasteiger partial charge in [-0.3, -0.25) is 0 Å². The van der Waals surface area contributed by atoms with Crippen LogP contribution in [0.4, 0.5) is 0 Å². The summed E-state index contributed by atoms with van der Waals surface area (Å²) in [5.41, 5.74) is 0.950. The highest BCUT2D eigenvalue weighted by Gasteiger charge is 2.13. The van der Waals surface area contributed by atoms with Crippen LogP contribution in [0, 0.1) is 18.3 Å². The molecule has 0 aliphatic heterocycles. The molecular formula is C8H8N6OS. The standard InChI is InChI=1S/C8H8N6OS/c1-5-6(3-9)10-13-14(5)8-12-11-7(16-8)4-15-2/h4H2,1-2H3. The van der Waals surface area contributed by atoms with Crippen LogP contribution in [0.1, 0.15) is 16.4 Å². The van der Waals surface area contributed by atoms with Crippen molar-refractivity contribution in [2.45, 2.75) is 13.5 Å². The van der Waals surface area contributed by atoms with Crippen LogP contribution in [0.25, 0.3) is 5.13 Å². The van der Waals surface area contributed by atoms with Crippen LogP contribution in [0.3, 0.4) is 0 Å². The third-order valence-corrected chi connectivity index (χ3v) is 2.78. The molecule has 0 fully saturated rings. The summed E-state index contributed by atoms with van der Waals surface area (Å²) in [4.78, 5) is 0. The van der Waals surface area contributed by atoms with E-state index in [1.54, 1.807) is 14.0 Å². The monoisotopic (exact) mass is 236 g/mol. The van der Waals surface area contributed by atoms with Gasteiger partial charge in [0.05, 0.1) is 5.69 Å². The molecule has 2 aromatic rings. The SMILES string of the molecule is COCc1nnc(-n2nnc(C#N)c2C)s1. The Bertz CT molecular complexity index is 539. The van der Waals surface area contributed by atoms with E-state index in [1.165, 1.54) is 16.0 Å². The molecule has 8 heteroatoms. The fourth-order valence-electron chi connectivity index (χ4n) is 1.13. The lowest BCUT2D eigenvalue weighted by molar-refractivity contribution is 0.184. The Morgan fingerprint density at radius 2 is 2.25 bits per heavy atom. The van der Waals surface area contributed by atoms with E-state index >= 15 is 0 Å². The van der Waals surface area contributed by atoms with Gasteiger partial charge in [0.1, 0.15) is 17.7 Å².